The van der Waals surface area contributed by atoms with E-state index in [4.69, 9.17) is 4.74 Å². The van der Waals surface area contributed by atoms with Crippen molar-refractivity contribution >= 4 is 5.96 Å². The van der Waals surface area contributed by atoms with Gasteiger partial charge in [0.25, 0.3) is 0 Å². The molecular weight excluding hydrogens is 326 g/mol. The average Bonchev–Trinajstić information content (AvgIpc) is 2.65. The number of nitrogens with zero attached hydrogens (tertiary/aromatic N) is 3. The Kier molecular flexibility index (Phi) is 9.72. The molecule has 1 unspecified atom stereocenters. The molecule has 152 valence electrons. The fourth-order valence-electron chi connectivity index (χ4n) is 4.07. The van der Waals surface area contributed by atoms with Gasteiger partial charge in [-0.3, -0.25) is 9.89 Å². The fraction of sp³-hybridized carbons (Fsp3) is 0.950. The molecule has 1 saturated heterocycles. The van der Waals surface area contributed by atoms with Gasteiger partial charge in [-0.2, -0.15) is 0 Å². The quantitative estimate of drug-likeness (QED) is 0.506. The van der Waals surface area contributed by atoms with Gasteiger partial charge in [-0.15, -0.1) is 0 Å². The molecule has 0 aromatic carbocycles. The van der Waals surface area contributed by atoms with Crippen LogP contribution in [0.5, 0.6) is 0 Å². The van der Waals surface area contributed by atoms with E-state index in [0.717, 1.165) is 57.9 Å². The van der Waals surface area contributed by atoms with Gasteiger partial charge in [0.2, 0.25) is 0 Å². The van der Waals surface area contributed by atoms with Gasteiger partial charge in [0.1, 0.15) is 0 Å². The summed E-state index contributed by atoms with van der Waals surface area (Å²) in [4.78, 5) is 9.37. The Labute approximate surface area is 160 Å². The summed E-state index contributed by atoms with van der Waals surface area (Å²) in [6.45, 7) is 11.4. The molecule has 2 aliphatic rings. The zero-order valence-electron chi connectivity index (χ0n) is 17.5. The van der Waals surface area contributed by atoms with Gasteiger partial charge >= 0.3 is 0 Å². The zero-order chi connectivity index (χ0) is 18.8. The minimum absolute atomic E-state index is 0.242. The Morgan fingerprint density at radius 1 is 1.23 bits per heavy atom. The summed E-state index contributed by atoms with van der Waals surface area (Å²) in [6.07, 6.45) is 7.15. The highest BCUT2D eigenvalue weighted by atomic mass is 16.5. The van der Waals surface area contributed by atoms with Crippen molar-refractivity contribution in [3.05, 3.63) is 0 Å². The van der Waals surface area contributed by atoms with E-state index in [0.29, 0.717) is 5.92 Å². The summed E-state index contributed by atoms with van der Waals surface area (Å²) in [5.74, 6) is 1.59. The molecule has 6 heteroatoms. The molecule has 0 aromatic rings. The largest absolute Gasteiger partial charge is 0.374 e. The Balaban J connectivity index is 1.62. The van der Waals surface area contributed by atoms with E-state index in [9.17, 15) is 0 Å². The maximum atomic E-state index is 5.91. The lowest BCUT2D eigenvalue weighted by Crippen LogP contribution is -2.50. The van der Waals surface area contributed by atoms with Crippen molar-refractivity contribution in [3.63, 3.8) is 0 Å². The summed E-state index contributed by atoms with van der Waals surface area (Å²) in [5, 5.41) is 6.89. The summed E-state index contributed by atoms with van der Waals surface area (Å²) in [7, 11) is 4.10. The van der Waals surface area contributed by atoms with E-state index in [1.165, 1.54) is 32.1 Å². The minimum Gasteiger partial charge on any atom is -0.374 e. The number of morpholine rings is 1. The Bertz CT molecular complexity index is 409. The molecule has 1 aliphatic heterocycles. The van der Waals surface area contributed by atoms with Gasteiger partial charge < -0.3 is 20.3 Å². The number of aliphatic imine (C=N–C) groups is 1. The monoisotopic (exact) mass is 367 g/mol. The summed E-state index contributed by atoms with van der Waals surface area (Å²) in [6, 6.07) is 0.767. The standard InChI is InChI=1S/C20H41N5O/c1-17(2)15-25-12-13-26-19(16-25)14-23-20(21-3)22-10-11-24(4)18-8-6-5-7-9-18/h17-19H,5-16H2,1-4H3,(H2,21,22,23). The van der Waals surface area contributed by atoms with Gasteiger partial charge in [-0.1, -0.05) is 33.1 Å². The molecule has 1 heterocycles. The summed E-state index contributed by atoms with van der Waals surface area (Å²) >= 11 is 0. The van der Waals surface area contributed by atoms with E-state index in [-0.39, 0.29) is 6.10 Å². The average molecular weight is 368 g/mol. The Hall–Kier alpha value is -0.850. The van der Waals surface area contributed by atoms with Crippen LogP contribution in [-0.4, -0.2) is 87.9 Å². The number of guanidine groups is 1. The van der Waals surface area contributed by atoms with Crippen molar-refractivity contribution in [1.82, 2.24) is 20.4 Å². The molecule has 6 nitrogen and oxygen atoms in total. The van der Waals surface area contributed by atoms with E-state index in [1.807, 2.05) is 7.05 Å². The normalized spacial score (nSPS) is 23.6. The molecule has 26 heavy (non-hydrogen) atoms. The number of nitrogens with one attached hydrogen (secondary N) is 2. The molecule has 1 atom stereocenters. The van der Waals surface area contributed by atoms with E-state index < -0.39 is 0 Å². The van der Waals surface area contributed by atoms with Gasteiger partial charge in [0, 0.05) is 52.4 Å². The molecule has 0 bridgehead atoms. The first-order valence-corrected chi connectivity index (χ1v) is 10.6. The van der Waals surface area contributed by atoms with Crippen LogP contribution in [0.15, 0.2) is 4.99 Å². The number of hydrogen-bond acceptors (Lipinski definition) is 4. The number of hydrogen-bond donors (Lipinski definition) is 2. The van der Waals surface area contributed by atoms with E-state index in [2.05, 4.69) is 46.3 Å². The number of likely N-dealkylation sites (N-methyl/N-ethyl adjacent to an activating group) is 1. The zero-order valence-corrected chi connectivity index (χ0v) is 17.5. The lowest BCUT2D eigenvalue weighted by molar-refractivity contribution is -0.0284. The second-order valence-corrected chi connectivity index (χ2v) is 8.30. The van der Waals surface area contributed by atoms with Crippen molar-refractivity contribution in [2.45, 2.75) is 58.1 Å². The van der Waals surface area contributed by atoms with Crippen molar-refractivity contribution in [2.75, 3.05) is 60.0 Å². The molecule has 0 radical (unpaired) electrons. The third kappa shape index (κ3) is 7.80. The summed E-state index contributed by atoms with van der Waals surface area (Å²) < 4.78 is 5.91. The molecule has 0 aromatic heterocycles. The topological polar surface area (TPSA) is 52.1 Å². The van der Waals surface area contributed by atoms with Gasteiger partial charge in [-0.25, -0.2) is 0 Å². The maximum absolute atomic E-state index is 5.91. The maximum Gasteiger partial charge on any atom is 0.191 e. The molecule has 2 N–H and O–H groups in total. The third-order valence-corrected chi connectivity index (χ3v) is 5.52. The Morgan fingerprint density at radius 2 is 2.00 bits per heavy atom. The van der Waals surface area contributed by atoms with E-state index >= 15 is 0 Å². The van der Waals surface area contributed by atoms with Crippen LogP contribution in [0.3, 0.4) is 0 Å². The van der Waals surface area contributed by atoms with Gasteiger partial charge in [0.05, 0.1) is 12.7 Å². The van der Waals surface area contributed by atoms with Crippen LogP contribution in [-0.2, 0) is 4.74 Å². The molecule has 2 rings (SSSR count). The van der Waals surface area contributed by atoms with Crippen LogP contribution in [0.2, 0.25) is 0 Å². The minimum atomic E-state index is 0.242. The summed E-state index contributed by atoms with van der Waals surface area (Å²) in [5.41, 5.74) is 0. The predicted octanol–water partition coefficient (Wildman–Crippen LogP) is 1.77. The Morgan fingerprint density at radius 3 is 2.69 bits per heavy atom. The van der Waals surface area contributed by atoms with Crippen molar-refractivity contribution in [2.24, 2.45) is 10.9 Å². The SMILES string of the molecule is CN=C(NCCN(C)C1CCCCC1)NCC1CN(CC(C)C)CCO1. The lowest BCUT2D eigenvalue weighted by atomic mass is 9.94. The molecule has 1 saturated carbocycles. The predicted molar refractivity (Wildman–Crippen MR) is 110 cm³/mol. The first kappa shape index (κ1) is 21.5. The highest BCUT2D eigenvalue weighted by Crippen LogP contribution is 2.21. The highest BCUT2D eigenvalue weighted by molar-refractivity contribution is 5.79. The second-order valence-electron chi connectivity index (χ2n) is 8.30. The van der Waals surface area contributed by atoms with Gasteiger partial charge in [0.15, 0.2) is 5.96 Å². The second kappa shape index (κ2) is 11.8. The van der Waals surface area contributed by atoms with Crippen molar-refractivity contribution in [1.29, 1.82) is 0 Å². The highest BCUT2D eigenvalue weighted by Gasteiger charge is 2.21. The molecule has 0 amide bonds. The molecular formula is C20H41N5O. The molecule has 2 fully saturated rings. The first-order chi connectivity index (χ1) is 12.6. The van der Waals surface area contributed by atoms with Gasteiger partial charge in [-0.05, 0) is 25.8 Å². The van der Waals surface area contributed by atoms with Crippen LogP contribution in [0, 0.1) is 5.92 Å². The van der Waals surface area contributed by atoms with Crippen LogP contribution < -0.4 is 10.6 Å². The smallest absolute Gasteiger partial charge is 0.191 e. The van der Waals surface area contributed by atoms with E-state index in [1.54, 1.807) is 0 Å². The number of rotatable bonds is 8. The fourth-order valence-corrected chi connectivity index (χ4v) is 4.07. The van der Waals surface area contributed by atoms with Crippen LogP contribution in [0.25, 0.3) is 0 Å². The van der Waals surface area contributed by atoms with Crippen LogP contribution >= 0.6 is 0 Å². The first-order valence-electron chi connectivity index (χ1n) is 10.6. The molecule has 0 spiro atoms. The van der Waals surface area contributed by atoms with Crippen molar-refractivity contribution in [3.8, 4) is 0 Å². The molecule has 1 aliphatic carbocycles. The van der Waals surface area contributed by atoms with Crippen molar-refractivity contribution < 1.29 is 4.74 Å². The van der Waals surface area contributed by atoms with Crippen LogP contribution in [0.4, 0.5) is 0 Å². The lowest BCUT2D eigenvalue weighted by Gasteiger charge is -2.34. The van der Waals surface area contributed by atoms with Crippen LogP contribution in [0.1, 0.15) is 46.0 Å². The number of ether oxygens (including phenoxy) is 1. The third-order valence-electron chi connectivity index (χ3n) is 5.52.